The molecule has 84 valence electrons. The van der Waals surface area contributed by atoms with Gasteiger partial charge in [0.2, 0.25) is 0 Å². The van der Waals surface area contributed by atoms with Crippen molar-refractivity contribution < 1.29 is 17.6 Å². The fourth-order valence-electron chi connectivity index (χ4n) is 1.38. The molecule has 0 heterocycles. The largest absolute Gasteiger partial charge is 0.395 e. The van der Waals surface area contributed by atoms with E-state index in [0.717, 1.165) is 24.3 Å². The molecule has 1 rings (SSSR count). The molecule has 1 aromatic rings. The number of rotatable bonds is 3. The first-order valence-electron chi connectivity index (χ1n) is 4.47. The Balaban J connectivity index is 2.94. The summed E-state index contributed by atoms with van der Waals surface area (Å²) in [7, 11) is 0. The topological polar surface area (TPSA) is 26.0 Å². The molecule has 0 aromatic heterocycles. The molecule has 0 aliphatic rings. The smallest absolute Gasteiger partial charge is 0.330 e. The molecule has 15 heavy (non-hydrogen) atoms. The van der Waals surface area contributed by atoms with Crippen LogP contribution in [-0.4, -0.2) is 12.7 Å². The van der Waals surface area contributed by atoms with Crippen LogP contribution in [0.3, 0.4) is 0 Å². The molecule has 1 atom stereocenters. The molecule has 0 aliphatic carbocycles. The van der Waals surface area contributed by atoms with Crippen molar-refractivity contribution >= 4 is 0 Å². The molecule has 0 saturated carbocycles. The maximum Gasteiger partial charge on any atom is 0.395 e. The van der Waals surface area contributed by atoms with Crippen molar-refractivity contribution in [2.24, 2.45) is 5.73 Å². The highest BCUT2D eigenvalue weighted by molar-refractivity contribution is 5.21. The molecular formula is C10H11F4N. The molecule has 5 heteroatoms. The van der Waals surface area contributed by atoms with Crippen molar-refractivity contribution in [2.75, 3.05) is 6.54 Å². The van der Waals surface area contributed by atoms with Crippen LogP contribution in [-0.2, 0) is 0 Å². The minimum atomic E-state index is -4.34. The molecule has 0 bridgehead atoms. The van der Waals surface area contributed by atoms with Crippen molar-refractivity contribution in [2.45, 2.75) is 18.5 Å². The van der Waals surface area contributed by atoms with E-state index in [9.17, 15) is 17.6 Å². The molecule has 1 aromatic carbocycles. The van der Waals surface area contributed by atoms with Crippen LogP contribution >= 0.6 is 0 Å². The van der Waals surface area contributed by atoms with Gasteiger partial charge >= 0.3 is 6.18 Å². The van der Waals surface area contributed by atoms with Crippen molar-refractivity contribution in [1.29, 1.82) is 0 Å². The average molecular weight is 221 g/mol. The fourth-order valence-corrected chi connectivity index (χ4v) is 1.38. The molecule has 1 unspecified atom stereocenters. The zero-order chi connectivity index (χ0) is 11.5. The fraction of sp³-hybridized carbons (Fsp3) is 0.400. The second kappa shape index (κ2) is 4.61. The highest BCUT2D eigenvalue weighted by Crippen LogP contribution is 2.36. The number of benzene rings is 1. The van der Waals surface area contributed by atoms with Crippen LogP contribution < -0.4 is 5.73 Å². The Morgan fingerprint density at radius 1 is 1.13 bits per heavy atom. The SMILES string of the molecule is NCCC(c1ccc(F)cc1)C(F)(F)F. The molecule has 0 spiro atoms. The summed E-state index contributed by atoms with van der Waals surface area (Å²) in [6.07, 6.45) is -4.52. The van der Waals surface area contributed by atoms with E-state index < -0.39 is 17.9 Å². The van der Waals surface area contributed by atoms with E-state index in [4.69, 9.17) is 5.73 Å². The molecule has 0 fully saturated rings. The molecule has 0 amide bonds. The van der Waals surface area contributed by atoms with Gasteiger partial charge in [-0.1, -0.05) is 12.1 Å². The van der Waals surface area contributed by atoms with Gasteiger partial charge < -0.3 is 5.73 Å². The van der Waals surface area contributed by atoms with Gasteiger partial charge in [0.05, 0.1) is 5.92 Å². The van der Waals surface area contributed by atoms with Crippen molar-refractivity contribution in [1.82, 2.24) is 0 Å². The van der Waals surface area contributed by atoms with E-state index in [0.29, 0.717) is 0 Å². The van der Waals surface area contributed by atoms with Crippen LogP contribution in [0.5, 0.6) is 0 Å². The van der Waals surface area contributed by atoms with Crippen LogP contribution in [0.4, 0.5) is 17.6 Å². The third-order valence-electron chi connectivity index (χ3n) is 2.12. The summed E-state index contributed by atoms with van der Waals surface area (Å²) in [5, 5.41) is 0. The third kappa shape index (κ3) is 3.20. The zero-order valence-electron chi connectivity index (χ0n) is 7.89. The first-order chi connectivity index (χ1) is 6.95. The molecule has 2 N–H and O–H groups in total. The van der Waals surface area contributed by atoms with Gasteiger partial charge in [-0.2, -0.15) is 13.2 Å². The van der Waals surface area contributed by atoms with Crippen molar-refractivity contribution in [3.05, 3.63) is 35.6 Å². The second-order valence-corrected chi connectivity index (χ2v) is 3.22. The zero-order valence-corrected chi connectivity index (χ0v) is 7.89. The second-order valence-electron chi connectivity index (χ2n) is 3.22. The van der Waals surface area contributed by atoms with Crippen LogP contribution in [0.1, 0.15) is 17.9 Å². The maximum absolute atomic E-state index is 12.5. The van der Waals surface area contributed by atoms with Crippen LogP contribution in [0.15, 0.2) is 24.3 Å². The lowest BCUT2D eigenvalue weighted by Gasteiger charge is -2.19. The van der Waals surface area contributed by atoms with Gasteiger partial charge in [0.15, 0.2) is 0 Å². The summed E-state index contributed by atoms with van der Waals surface area (Å²) in [6.45, 7) is -0.0540. The minimum Gasteiger partial charge on any atom is -0.330 e. The predicted octanol–water partition coefficient (Wildman–Crippen LogP) is 2.82. The Morgan fingerprint density at radius 2 is 1.67 bits per heavy atom. The number of alkyl halides is 3. The van der Waals surface area contributed by atoms with Crippen LogP contribution in [0, 0.1) is 5.82 Å². The Labute approximate surface area is 84.9 Å². The number of halogens is 4. The van der Waals surface area contributed by atoms with E-state index in [1.54, 1.807) is 0 Å². The summed E-state index contributed by atoms with van der Waals surface area (Å²) in [6, 6.07) is 4.32. The Kier molecular flexibility index (Phi) is 3.68. The standard InChI is InChI=1S/C10H11F4N/c11-8-3-1-7(2-4-8)9(5-6-15)10(12,13)14/h1-4,9H,5-6,15H2. The van der Waals surface area contributed by atoms with E-state index in [-0.39, 0.29) is 18.5 Å². The lowest BCUT2D eigenvalue weighted by Crippen LogP contribution is -2.23. The highest BCUT2D eigenvalue weighted by atomic mass is 19.4. The molecule has 0 aliphatic heterocycles. The Bertz CT molecular complexity index is 304. The third-order valence-corrected chi connectivity index (χ3v) is 2.12. The van der Waals surface area contributed by atoms with Crippen LogP contribution in [0.2, 0.25) is 0 Å². The monoisotopic (exact) mass is 221 g/mol. The predicted molar refractivity (Wildman–Crippen MR) is 48.9 cm³/mol. The van der Waals surface area contributed by atoms with Gasteiger partial charge in [0, 0.05) is 0 Å². The van der Waals surface area contributed by atoms with E-state index >= 15 is 0 Å². The highest BCUT2D eigenvalue weighted by Gasteiger charge is 2.39. The molecule has 0 radical (unpaired) electrons. The lowest BCUT2D eigenvalue weighted by atomic mass is 9.95. The number of hydrogen-bond acceptors (Lipinski definition) is 1. The van der Waals surface area contributed by atoms with Crippen molar-refractivity contribution in [3.63, 3.8) is 0 Å². The maximum atomic E-state index is 12.5. The first-order valence-corrected chi connectivity index (χ1v) is 4.47. The number of nitrogens with two attached hydrogens (primary N) is 1. The van der Waals surface area contributed by atoms with Gasteiger partial charge in [0.25, 0.3) is 0 Å². The van der Waals surface area contributed by atoms with Crippen LogP contribution in [0.25, 0.3) is 0 Å². The summed E-state index contributed by atoms with van der Waals surface area (Å²) in [5.41, 5.74) is 5.17. The molecular weight excluding hydrogens is 210 g/mol. The van der Waals surface area contributed by atoms with E-state index in [2.05, 4.69) is 0 Å². The first kappa shape index (κ1) is 12.0. The minimum absolute atomic E-state index is 0.0503. The normalized spacial score (nSPS) is 13.9. The molecule has 0 saturated heterocycles. The number of hydrogen-bond donors (Lipinski definition) is 1. The molecule has 1 nitrogen and oxygen atoms in total. The van der Waals surface area contributed by atoms with Gasteiger partial charge in [-0.25, -0.2) is 4.39 Å². The van der Waals surface area contributed by atoms with Crippen molar-refractivity contribution in [3.8, 4) is 0 Å². The average Bonchev–Trinajstić information content (AvgIpc) is 2.14. The van der Waals surface area contributed by atoms with E-state index in [1.807, 2.05) is 0 Å². The summed E-state index contributed by atoms with van der Waals surface area (Å²) < 4.78 is 50.2. The summed E-state index contributed by atoms with van der Waals surface area (Å²) in [4.78, 5) is 0. The Hall–Kier alpha value is -1.10. The lowest BCUT2D eigenvalue weighted by molar-refractivity contribution is -0.151. The van der Waals surface area contributed by atoms with Gasteiger partial charge in [0.1, 0.15) is 5.82 Å². The summed E-state index contributed by atoms with van der Waals surface area (Å²) >= 11 is 0. The summed E-state index contributed by atoms with van der Waals surface area (Å²) in [5.74, 6) is -2.16. The Morgan fingerprint density at radius 3 is 2.07 bits per heavy atom. The van der Waals surface area contributed by atoms with E-state index in [1.165, 1.54) is 0 Å². The van der Waals surface area contributed by atoms with Gasteiger partial charge in [-0.05, 0) is 30.7 Å². The van der Waals surface area contributed by atoms with Gasteiger partial charge in [-0.15, -0.1) is 0 Å². The van der Waals surface area contributed by atoms with Gasteiger partial charge in [-0.3, -0.25) is 0 Å². The quantitative estimate of drug-likeness (QED) is 0.780.